The topological polar surface area (TPSA) is 191 Å². The van der Waals surface area contributed by atoms with Crippen molar-refractivity contribution in [3.63, 3.8) is 0 Å². The van der Waals surface area contributed by atoms with E-state index < -0.39 is 0 Å². The Kier molecular flexibility index (Phi) is 67.7. The first-order valence-electron chi connectivity index (χ1n) is 26.0. The van der Waals surface area contributed by atoms with Gasteiger partial charge in [-0.1, -0.05) is 218 Å². The predicted molar refractivity (Wildman–Crippen MR) is 321 cm³/mol. The summed E-state index contributed by atoms with van der Waals surface area (Å²) in [5.74, 6) is 2.73. The maximum atomic E-state index is 9.86. The predicted octanol–water partition coefficient (Wildman–Crippen LogP) is 17.0. The normalized spacial score (nSPS) is 9.97. The van der Waals surface area contributed by atoms with Crippen LogP contribution in [-0.2, 0) is 43.7 Å². The molecule has 0 aliphatic heterocycles. The molecule has 16 heteroatoms. The third kappa shape index (κ3) is 35.2. The Morgan fingerprint density at radius 1 is 0.423 bits per heavy atom. The molecule has 4 N–H and O–H groups in total. The summed E-state index contributed by atoms with van der Waals surface area (Å²) in [6.07, 6.45) is 0. The molecule has 0 radical (unpaired) electrons. The number of hydrogen-bond donors (Lipinski definition) is 4. The number of azo groups is 2. The van der Waals surface area contributed by atoms with Crippen LogP contribution in [0.3, 0.4) is 0 Å². The zero-order valence-corrected chi connectivity index (χ0v) is 51.4. The summed E-state index contributed by atoms with van der Waals surface area (Å²) in [5, 5.41) is 45.4. The molecular formula is C62H92Cu2N8O6. The van der Waals surface area contributed by atoms with Crippen LogP contribution in [0, 0.1) is 13.1 Å². The third-order valence-electron chi connectivity index (χ3n) is 8.58. The Morgan fingerprint density at radius 3 is 0.962 bits per heavy atom. The Hall–Kier alpha value is -7.22. The van der Waals surface area contributed by atoms with Gasteiger partial charge < -0.3 is 40.1 Å². The van der Waals surface area contributed by atoms with Crippen LogP contribution in [0.2, 0.25) is 0 Å². The van der Waals surface area contributed by atoms with E-state index >= 15 is 0 Å². The smallest absolute Gasteiger partial charge is 0.565 e. The molecule has 0 spiro atoms. The van der Waals surface area contributed by atoms with Crippen molar-refractivity contribution in [2.75, 3.05) is 14.2 Å². The van der Waals surface area contributed by atoms with Crippen molar-refractivity contribution in [2.24, 2.45) is 30.7 Å². The van der Waals surface area contributed by atoms with E-state index in [1.54, 1.807) is 50.6 Å². The van der Waals surface area contributed by atoms with Gasteiger partial charge in [-0.3, -0.25) is 0 Å². The van der Waals surface area contributed by atoms with Gasteiger partial charge in [-0.25, -0.2) is 10.2 Å². The van der Waals surface area contributed by atoms with Crippen molar-refractivity contribution < 1.29 is 63.4 Å². The maximum absolute atomic E-state index is 9.86. The van der Waals surface area contributed by atoms with E-state index in [-0.39, 0.29) is 57.7 Å². The molecule has 0 aromatic heterocycles. The molecule has 0 aliphatic rings. The van der Waals surface area contributed by atoms with Gasteiger partial charge >= 0.3 is 34.1 Å². The number of nitrogens with zero attached hydrogens (tertiary/aromatic N) is 6. The molecule has 438 valence electrons. The number of ether oxygens (including phenoxy) is 2. The number of amidine groups is 2. The van der Waals surface area contributed by atoms with Gasteiger partial charge in [0, 0.05) is 33.8 Å². The number of carbonyl (C=O) groups is 2. The molecule has 0 fully saturated rings. The van der Waals surface area contributed by atoms with E-state index in [0.717, 1.165) is 33.8 Å². The number of carbonyl (C=O) groups excluding carboxylic acids is 2. The van der Waals surface area contributed by atoms with Crippen LogP contribution in [0.1, 0.15) is 156 Å². The number of rotatable bonds is 14. The molecule has 0 amide bonds. The minimum absolute atomic E-state index is 0. The van der Waals surface area contributed by atoms with Crippen molar-refractivity contribution in [1.82, 2.24) is 10.9 Å². The fraction of sp³-hybridized carbons (Fsp3) is 0.323. The molecule has 0 bridgehead atoms. The van der Waals surface area contributed by atoms with Crippen LogP contribution < -0.4 is 20.3 Å². The Labute approximate surface area is 491 Å². The van der Waals surface area contributed by atoms with Crippen molar-refractivity contribution in [3.05, 3.63) is 204 Å². The zero-order chi connectivity index (χ0) is 59.0. The Balaban J connectivity index is -0.000000196. The van der Waals surface area contributed by atoms with Crippen molar-refractivity contribution in [2.45, 2.75) is 123 Å². The molecule has 0 saturated heterocycles. The molecule has 6 aromatic carbocycles. The molecule has 0 saturated carbocycles. The second-order valence-corrected chi connectivity index (χ2v) is 12.6. The van der Waals surface area contributed by atoms with E-state index in [1.165, 1.54) is 13.1 Å². The number of benzene rings is 6. The fourth-order valence-corrected chi connectivity index (χ4v) is 5.45. The number of para-hydroxylation sites is 4. The van der Waals surface area contributed by atoms with Gasteiger partial charge in [-0.05, 0) is 39.1 Å². The summed E-state index contributed by atoms with van der Waals surface area (Å²) < 4.78 is 10.8. The molecule has 0 heterocycles. The van der Waals surface area contributed by atoms with E-state index in [1.807, 2.05) is 246 Å². The number of nitrogens with one attached hydrogen (secondary N) is 2. The largest absolute Gasteiger partial charge is 1.00 e. The van der Waals surface area contributed by atoms with Gasteiger partial charge in [0.2, 0.25) is 0 Å². The van der Waals surface area contributed by atoms with Gasteiger partial charge in [0.15, 0.2) is 11.7 Å². The van der Waals surface area contributed by atoms with Gasteiger partial charge in [-0.2, -0.15) is 22.3 Å². The van der Waals surface area contributed by atoms with E-state index in [0.29, 0.717) is 22.8 Å². The number of aromatic hydroxyl groups is 2. The quantitative estimate of drug-likeness (QED) is 0.0207. The maximum Gasteiger partial charge on any atom is 1.00 e. The van der Waals surface area contributed by atoms with Crippen LogP contribution in [0.5, 0.6) is 23.0 Å². The van der Waals surface area contributed by atoms with Crippen molar-refractivity contribution in [1.29, 1.82) is 0 Å². The van der Waals surface area contributed by atoms with E-state index in [4.69, 9.17) is 19.1 Å². The standard InChI is InChI=1S/2C23H23N4O2.7C2H6.2CH2O.2Cu/c2*1-17(20-13-7-9-15-22(20)29-2)25-27-23(18-10-4-3-5-11-18)26-24-16-19-12-6-8-14-21(19)28;9*1-2;;/h2*3-17,25,28H,1-2H3;7*1-2H3;2*1H2;;/q2*-1;;;;;;;;;;2*+1/b2*26-24?,27-23-;;;;;;;;;;;. The van der Waals surface area contributed by atoms with Gasteiger partial charge in [0.25, 0.3) is 0 Å². The van der Waals surface area contributed by atoms with Crippen LogP contribution in [0.25, 0.3) is 0 Å². The molecule has 2 atom stereocenters. The number of hydrogen-bond acceptors (Lipinski definition) is 12. The Bertz CT molecular complexity index is 2200. The third-order valence-corrected chi connectivity index (χ3v) is 8.58. The minimum Gasteiger partial charge on any atom is -0.565 e. The van der Waals surface area contributed by atoms with Crippen LogP contribution in [-0.4, -0.2) is 49.7 Å². The van der Waals surface area contributed by atoms with Crippen LogP contribution in [0.15, 0.2) is 188 Å². The second kappa shape index (κ2) is 62.3. The first-order chi connectivity index (χ1) is 37.4. The Morgan fingerprint density at radius 2 is 0.679 bits per heavy atom. The van der Waals surface area contributed by atoms with Crippen molar-refractivity contribution in [3.8, 4) is 23.0 Å². The summed E-state index contributed by atoms with van der Waals surface area (Å²) in [6.45, 7) is 39.0. The summed E-state index contributed by atoms with van der Waals surface area (Å²) in [5.41, 5.74) is 11.0. The second-order valence-electron chi connectivity index (χ2n) is 12.6. The van der Waals surface area contributed by atoms with E-state index in [2.05, 4.69) is 41.5 Å². The number of phenolic OH excluding ortho intramolecular Hbond substituents is 2. The van der Waals surface area contributed by atoms with Gasteiger partial charge in [0.05, 0.1) is 26.3 Å². The molecule has 78 heavy (non-hydrogen) atoms. The molecular weight excluding hydrogens is 1080 g/mol. The minimum atomic E-state index is -0.0952. The number of hydrazone groups is 2. The first kappa shape index (κ1) is 84.7. The SMILES string of the molecule is C=O.C=O.CC.CC.CC.CC.CC.CC.CC.COc1ccccc1C(C)N/N=C(\N=N[CH-]c1ccccc1O)c1ccccc1.COc1ccccc1C(C)N/N=C(\N=N[CH-]c1ccccc1O)c1ccccc1.[Cu+].[Cu+]. The monoisotopic (exact) mass is 1170 g/mol. The van der Waals surface area contributed by atoms with Crippen LogP contribution >= 0.6 is 0 Å². The molecule has 2 unspecified atom stereocenters. The number of methoxy groups -OCH3 is 2. The summed E-state index contributed by atoms with van der Waals surface area (Å²) in [7, 11) is 3.29. The van der Waals surface area contributed by atoms with Crippen molar-refractivity contribution >= 4 is 25.2 Å². The molecule has 6 rings (SSSR count). The molecule has 6 aromatic rings. The molecule has 0 aliphatic carbocycles. The summed E-state index contributed by atoms with van der Waals surface area (Å²) in [4.78, 5) is 16.0. The van der Waals surface area contributed by atoms with Crippen LogP contribution in [0.4, 0.5) is 0 Å². The summed E-state index contributed by atoms with van der Waals surface area (Å²) >= 11 is 0. The summed E-state index contributed by atoms with van der Waals surface area (Å²) in [6, 6.07) is 48.4. The average Bonchev–Trinajstić information content (AvgIpc) is 3.52. The fourth-order valence-electron chi connectivity index (χ4n) is 5.45. The number of phenols is 2. The van der Waals surface area contributed by atoms with E-state index in [9.17, 15) is 10.2 Å². The first-order valence-corrected chi connectivity index (χ1v) is 26.0. The average molecular weight is 1170 g/mol. The zero-order valence-electron chi connectivity index (χ0n) is 49.5. The molecule has 14 nitrogen and oxygen atoms in total. The van der Waals surface area contributed by atoms with Gasteiger partial charge in [-0.15, -0.1) is 33.5 Å². The van der Waals surface area contributed by atoms with Gasteiger partial charge in [0.1, 0.15) is 25.1 Å².